The molecule has 2 aromatic rings. The average Bonchev–Trinajstić information content (AvgIpc) is 2.96. The molecule has 0 fully saturated rings. The number of amides is 3. The fourth-order valence-electron chi connectivity index (χ4n) is 1.99. The molecule has 0 aliphatic heterocycles. The van der Waals surface area contributed by atoms with Crippen molar-refractivity contribution in [1.29, 1.82) is 0 Å². The summed E-state index contributed by atoms with van der Waals surface area (Å²) in [6, 6.07) is 8.12. The van der Waals surface area contributed by atoms with Gasteiger partial charge in [-0.05, 0) is 30.3 Å². The molecular formula is C16H17N3O4. The van der Waals surface area contributed by atoms with Crippen LogP contribution in [0.15, 0.2) is 41.0 Å². The van der Waals surface area contributed by atoms with Gasteiger partial charge in [0.05, 0.1) is 12.8 Å². The summed E-state index contributed by atoms with van der Waals surface area (Å²) >= 11 is 0. The van der Waals surface area contributed by atoms with Crippen LogP contribution >= 0.6 is 0 Å². The summed E-state index contributed by atoms with van der Waals surface area (Å²) in [5, 5.41) is 7.89. The minimum absolute atomic E-state index is 0.242. The maximum absolute atomic E-state index is 12.2. The van der Waals surface area contributed by atoms with Crippen LogP contribution in [0.5, 0.6) is 0 Å². The third-order valence-corrected chi connectivity index (χ3v) is 2.84. The molecule has 7 heteroatoms. The van der Waals surface area contributed by atoms with Crippen molar-refractivity contribution in [2.45, 2.75) is 20.4 Å². The van der Waals surface area contributed by atoms with Crippen LogP contribution in [0.25, 0.3) is 0 Å². The maximum Gasteiger partial charge on any atom is 0.251 e. The van der Waals surface area contributed by atoms with Crippen LogP contribution in [-0.4, -0.2) is 17.7 Å². The van der Waals surface area contributed by atoms with Crippen molar-refractivity contribution in [3.05, 3.63) is 47.9 Å². The van der Waals surface area contributed by atoms with Gasteiger partial charge in [0.25, 0.3) is 5.91 Å². The van der Waals surface area contributed by atoms with Crippen molar-refractivity contribution >= 4 is 29.1 Å². The van der Waals surface area contributed by atoms with Gasteiger partial charge in [-0.1, -0.05) is 0 Å². The van der Waals surface area contributed by atoms with Crippen LogP contribution in [-0.2, 0) is 16.1 Å². The second kappa shape index (κ2) is 7.26. The average molecular weight is 315 g/mol. The first-order valence-electron chi connectivity index (χ1n) is 6.95. The van der Waals surface area contributed by atoms with Crippen molar-refractivity contribution in [3.8, 4) is 0 Å². The third kappa shape index (κ3) is 4.99. The predicted octanol–water partition coefficient (Wildman–Crippen LogP) is 2.13. The number of furan rings is 1. The highest BCUT2D eigenvalue weighted by molar-refractivity contribution is 5.99. The molecule has 0 saturated carbocycles. The monoisotopic (exact) mass is 315 g/mol. The van der Waals surface area contributed by atoms with Gasteiger partial charge < -0.3 is 20.4 Å². The molecule has 3 N–H and O–H groups in total. The van der Waals surface area contributed by atoms with E-state index in [9.17, 15) is 14.4 Å². The zero-order valence-corrected chi connectivity index (χ0v) is 12.8. The molecule has 0 spiro atoms. The number of rotatable bonds is 5. The van der Waals surface area contributed by atoms with E-state index in [1.807, 2.05) is 0 Å². The van der Waals surface area contributed by atoms with Crippen molar-refractivity contribution in [1.82, 2.24) is 5.32 Å². The van der Waals surface area contributed by atoms with Gasteiger partial charge in [-0.15, -0.1) is 0 Å². The van der Waals surface area contributed by atoms with E-state index in [0.29, 0.717) is 22.7 Å². The van der Waals surface area contributed by atoms with E-state index < -0.39 is 0 Å². The Hall–Kier alpha value is -3.09. The van der Waals surface area contributed by atoms with Gasteiger partial charge in [0.1, 0.15) is 5.76 Å². The smallest absolute Gasteiger partial charge is 0.251 e. The molecule has 0 bridgehead atoms. The lowest BCUT2D eigenvalue weighted by atomic mass is 10.1. The SMILES string of the molecule is CC(=O)Nc1cc(NC(C)=O)cc(C(=O)NCc2ccco2)c1. The molecule has 1 aromatic carbocycles. The summed E-state index contributed by atoms with van der Waals surface area (Å²) in [4.78, 5) is 34.6. The predicted molar refractivity (Wildman–Crippen MR) is 84.9 cm³/mol. The number of hydrogen-bond donors (Lipinski definition) is 3. The molecular weight excluding hydrogens is 298 g/mol. The summed E-state index contributed by atoms with van der Waals surface area (Å²) in [5.41, 5.74) is 1.16. The van der Waals surface area contributed by atoms with Gasteiger partial charge in [0, 0.05) is 30.8 Å². The van der Waals surface area contributed by atoms with E-state index in [2.05, 4.69) is 16.0 Å². The topological polar surface area (TPSA) is 100 Å². The Bertz CT molecular complexity index is 689. The molecule has 0 atom stereocenters. The fraction of sp³-hybridized carbons (Fsp3) is 0.188. The molecule has 0 unspecified atom stereocenters. The molecule has 0 aliphatic rings. The second-order valence-corrected chi connectivity index (χ2v) is 4.92. The Labute approximate surface area is 133 Å². The number of benzene rings is 1. The Kier molecular flexibility index (Phi) is 5.14. The Morgan fingerprint density at radius 2 is 1.61 bits per heavy atom. The van der Waals surface area contributed by atoms with E-state index in [-0.39, 0.29) is 24.3 Å². The van der Waals surface area contributed by atoms with E-state index in [1.165, 1.54) is 32.2 Å². The van der Waals surface area contributed by atoms with E-state index >= 15 is 0 Å². The highest BCUT2D eigenvalue weighted by Crippen LogP contribution is 2.19. The minimum Gasteiger partial charge on any atom is -0.467 e. The summed E-state index contributed by atoms with van der Waals surface area (Å²) in [6.07, 6.45) is 1.52. The van der Waals surface area contributed by atoms with Gasteiger partial charge in [0.15, 0.2) is 0 Å². The number of carbonyl (C=O) groups excluding carboxylic acids is 3. The summed E-state index contributed by atoms with van der Waals surface area (Å²) < 4.78 is 5.14. The molecule has 1 heterocycles. The van der Waals surface area contributed by atoms with Crippen LogP contribution in [0.1, 0.15) is 30.0 Å². The van der Waals surface area contributed by atoms with Crippen molar-refractivity contribution < 1.29 is 18.8 Å². The molecule has 23 heavy (non-hydrogen) atoms. The summed E-state index contributed by atoms with van der Waals surface area (Å²) in [7, 11) is 0. The summed E-state index contributed by atoms with van der Waals surface area (Å²) in [6.45, 7) is 2.97. The van der Waals surface area contributed by atoms with Crippen molar-refractivity contribution in [3.63, 3.8) is 0 Å². The highest BCUT2D eigenvalue weighted by Gasteiger charge is 2.11. The summed E-state index contributed by atoms with van der Waals surface area (Å²) in [5.74, 6) is -0.266. The van der Waals surface area contributed by atoms with Gasteiger partial charge in [-0.3, -0.25) is 14.4 Å². The van der Waals surface area contributed by atoms with Gasteiger partial charge in [0.2, 0.25) is 11.8 Å². The quantitative estimate of drug-likeness (QED) is 0.786. The number of hydrogen-bond acceptors (Lipinski definition) is 4. The lowest BCUT2D eigenvalue weighted by Gasteiger charge is -2.10. The highest BCUT2D eigenvalue weighted by atomic mass is 16.3. The molecule has 120 valence electrons. The Balaban J connectivity index is 2.18. The van der Waals surface area contributed by atoms with Crippen LogP contribution < -0.4 is 16.0 Å². The van der Waals surface area contributed by atoms with Crippen molar-refractivity contribution in [2.75, 3.05) is 10.6 Å². The molecule has 2 rings (SSSR count). The third-order valence-electron chi connectivity index (χ3n) is 2.84. The van der Waals surface area contributed by atoms with Gasteiger partial charge >= 0.3 is 0 Å². The molecule has 7 nitrogen and oxygen atoms in total. The van der Waals surface area contributed by atoms with Gasteiger partial charge in [-0.25, -0.2) is 0 Å². The number of anilines is 2. The van der Waals surface area contributed by atoms with Gasteiger partial charge in [-0.2, -0.15) is 0 Å². The zero-order chi connectivity index (χ0) is 16.8. The molecule has 0 radical (unpaired) electrons. The Morgan fingerprint density at radius 1 is 1.00 bits per heavy atom. The van der Waals surface area contributed by atoms with Crippen molar-refractivity contribution in [2.24, 2.45) is 0 Å². The van der Waals surface area contributed by atoms with Crippen LogP contribution in [0.4, 0.5) is 11.4 Å². The lowest BCUT2D eigenvalue weighted by molar-refractivity contribution is -0.115. The fourth-order valence-corrected chi connectivity index (χ4v) is 1.99. The van der Waals surface area contributed by atoms with Crippen LogP contribution in [0.3, 0.4) is 0 Å². The van der Waals surface area contributed by atoms with E-state index in [1.54, 1.807) is 18.2 Å². The van der Waals surface area contributed by atoms with Crippen LogP contribution in [0.2, 0.25) is 0 Å². The standard InChI is InChI=1S/C16H17N3O4/c1-10(20)18-13-6-12(7-14(8-13)19-11(2)21)16(22)17-9-15-4-3-5-23-15/h3-8H,9H2,1-2H3,(H,17,22)(H,18,20)(H,19,21). The molecule has 1 aromatic heterocycles. The Morgan fingerprint density at radius 3 is 2.09 bits per heavy atom. The minimum atomic E-state index is -0.347. The van der Waals surface area contributed by atoms with Crippen LogP contribution in [0, 0.1) is 0 Å². The number of nitrogens with one attached hydrogen (secondary N) is 3. The lowest BCUT2D eigenvalue weighted by Crippen LogP contribution is -2.23. The zero-order valence-electron chi connectivity index (χ0n) is 12.8. The first-order valence-corrected chi connectivity index (χ1v) is 6.95. The van der Waals surface area contributed by atoms with E-state index in [0.717, 1.165) is 0 Å². The molecule has 3 amide bonds. The first-order chi connectivity index (χ1) is 10.9. The molecule has 0 saturated heterocycles. The van der Waals surface area contributed by atoms with E-state index in [4.69, 9.17) is 4.42 Å². The largest absolute Gasteiger partial charge is 0.467 e. The normalized spacial score (nSPS) is 10.0. The second-order valence-electron chi connectivity index (χ2n) is 4.92. The number of carbonyl (C=O) groups is 3. The molecule has 0 aliphatic carbocycles. The maximum atomic E-state index is 12.2. The first kappa shape index (κ1) is 16.3.